The van der Waals surface area contributed by atoms with Crippen LogP contribution in [0.3, 0.4) is 0 Å². The summed E-state index contributed by atoms with van der Waals surface area (Å²) in [6, 6.07) is 3.06. The zero-order chi connectivity index (χ0) is 13.8. The third-order valence-corrected chi connectivity index (χ3v) is 3.01. The summed E-state index contributed by atoms with van der Waals surface area (Å²) in [5.41, 5.74) is 5.85. The summed E-state index contributed by atoms with van der Waals surface area (Å²) >= 11 is 0. The summed E-state index contributed by atoms with van der Waals surface area (Å²) < 4.78 is 11.2. The molecule has 7 heteroatoms. The summed E-state index contributed by atoms with van der Waals surface area (Å²) in [5, 5.41) is 10.8. The minimum Gasteiger partial charge on any atom is -0.479 e. The van der Waals surface area contributed by atoms with Crippen LogP contribution in [0.15, 0.2) is 18.3 Å². The molecule has 0 aliphatic heterocycles. The van der Waals surface area contributed by atoms with E-state index in [1.165, 1.54) is 12.3 Å². The van der Waals surface area contributed by atoms with Crippen LogP contribution in [0.4, 0.5) is 5.82 Å². The molecule has 0 spiro atoms. The highest BCUT2D eigenvalue weighted by Gasteiger charge is 2.42. The van der Waals surface area contributed by atoms with Gasteiger partial charge in [-0.1, -0.05) is 6.92 Å². The molecule has 0 aromatic carbocycles. The lowest BCUT2D eigenvalue weighted by atomic mass is 9.86. The molecular weight excluding hydrogens is 250 g/mol. The van der Waals surface area contributed by atoms with Gasteiger partial charge in [0.2, 0.25) is 5.75 Å². The molecule has 3 unspecified atom stereocenters. The van der Waals surface area contributed by atoms with Gasteiger partial charge in [-0.25, -0.2) is 0 Å². The molecular formula is C12H17N3O4. The maximum Gasteiger partial charge on any atom is 0.406 e. The van der Waals surface area contributed by atoms with E-state index in [-0.39, 0.29) is 29.8 Å². The Morgan fingerprint density at radius 2 is 2.42 bits per heavy atom. The topological polar surface area (TPSA) is 101 Å². The first-order chi connectivity index (χ1) is 9.13. The van der Waals surface area contributed by atoms with Gasteiger partial charge in [0.05, 0.1) is 0 Å². The second kappa shape index (κ2) is 5.94. The number of nitrogens with two attached hydrogens (primary N) is 1. The number of rotatable bonds is 6. The average molecular weight is 267 g/mol. The average Bonchev–Trinajstić information content (AvgIpc) is 2.39. The Morgan fingerprint density at radius 3 is 3.05 bits per heavy atom. The van der Waals surface area contributed by atoms with E-state index >= 15 is 0 Å². The van der Waals surface area contributed by atoms with Gasteiger partial charge in [0.15, 0.2) is 0 Å². The molecule has 1 saturated carbocycles. The van der Waals surface area contributed by atoms with Crippen LogP contribution in [0.2, 0.25) is 0 Å². The van der Waals surface area contributed by atoms with Gasteiger partial charge in [0.25, 0.3) is 0 Å². The van der Waals surface area contributed by atoms with Gasteiger partial charge in [0.1, 0.15) is 18.4 Å². The molecule has 1 fully saturated rings. The monoisotopic (exact) mass is 267 g/mol. The first kappa shape index (κ1) is 13.7. The summed E-state index contributed by atoms with van der Waals surface area (Å²) in [7, 11) is 0. The van der Waals surface area contributed by atoms with E-state index in [0.29, 0.717) is 13.0 Å². The fraction of sp³-hybridized carbons (Fsp3) is 0.583. The molecule has 0 radical (unpaired) electrons. The van der Waals surface area contributed by atoms with Gasteiger partial charge in [-0.15, -0.1) is 0 Å². The van der Waals surface area contributed by atoms with E-state index in [2.05, 4.69) is 4.98 Å². The predicted molar refractivity (Wildman–Crippen MR) is 67.9 cm³/mol. The molecule has 3 atom stereocenters. The number of ether oxygens (including phenoxy) is 2. The summed E-state index contributed by atoms with van der Waals surface area (Å²) in [4.78, 5) is 14.0. The zero-order valence-corrected chi connectivity index (χ0v) is 10.7. The van der Waals surface area contributed by atoms with Crippen LogP contribution in [-0.2, 0) is 4.74 Å². The maximum atomic E-state index is 10.8. The lowest BCUT2D eigenvalue weighted by molar-refractivity contribution is -0.391. The number of nitro groups is 1. The third-order valence-electron chi connectivity index (χ3n) is 3.01. The first-order valence-corrected chi connectivity index (χ1v) is 6.26. The summed E-state index contributed by atoms with van der Waals surface area (Å²) in [6.07, 6.45) is 2.43. The van der Waals surface area contributed by atoms with Crippen molar-refractivity contribution < 1.29 is 14.4 Å². The van der Waals surface area contributed by atoms with Crippen LogP contribution < -0.4 is 10.5 Å². The van der Waals surface area contributed by atoms with Crippen molar-refractivity contribution in [2.24, 2.45) is 5.73 Å². The van der Waals surface area contributed by atoms with Gasteiger partial charge in [-0.2, -0.15) is 0 Å². The third kappa shape index (κ3) is 2.99. The molecule has 0 bridgehead atoms. The van der Waals surface area contributed by atoms with Crippen molar-refractivity contribution in [3.63, 3.8) is 0 Å². The van der Waals surface area contributed by atoms with Gasteiger partial charge < -0.3 is 25.3 Å². The number of pyridine rings is 1. The Labute approximate surface area is 110 Å². The van der Waals surface area contributed by atoms with Crippen LogP contribution in [0.1, 0.15) is 19.8 Å². The maximum absolute atomic E-state index is 10.8. The number of nitrogens with zero attached hydrogens (tertiary/aromatic N) is 2. The van der Waals surface area contributed by atoms with Crippen molar-refractivity contribution in [1.82, 2.24) is 4.98 Å². The van der Waals surface area contributed by atoms with Crippen molar-refractivity contribution >= 4 is 5.82 Å². The van der Waals surface area contributed by atoms with Gasteiger partial charge in [-0.05, 0) is 28.5 Å². The highest BCUT2D eigenvalue weighted by Crippen LogP contribution is 2.31. The van der Waals surface area contributed by atoms with Crippen LogP contribution in [0.25, 0.3) is 0 Å². The minimum absolute atomic E-state index is 0.0766. The van der Waals surface area contributed by atoms with E-state index in [0.717, 1.165) is 6.42 Å². The standard InChI is InChI=1S/C12H17N3O4/c1-2-6-18-11-8(13)7-10(11)19-9-4-3-5-14-12(9)15(16)17/h3-5,8,10-11H,2,6-7,13H2,1H3. The van der Waals surface area contributed by atoms with Crippen molar-refractivity contribution in [2.75, 3.05) is 6.61 Å². The molecule has 0 amide bonds. The Balaban J connectivity index is 2.03. The molecule has 1 heterocycles. The van der Waals surface area contributed by atoms with Crippen molar-refractivity contribution in [1.29, 1.82) is 0 Å². The number of hydrogen-bond acceptors (Lipinski definition) is 6. The first-order valence-electron chi connectivity index (χ1n) is 6.26. The quantitative estimate of drug-likeness (QED) is 0.615. The fourth-order valence-corrected chi connectivity index (χ4v) is 1.99. The lowest BCUT2D eigenvalue weighted by Gasteiger charge is -2.41. The predicted octanol–water partition coefficient (Wildman–Crippen LogP) is 1.26. The largest absolute Gasteiger partial charge is 0.479 e. The molecule has 1 aromatic heterocycles. The molecule has 2 rings (SSSR count). The van der Waals surface area contributed by atoms with Crippen LogP contribution >= 0.6 is 0 Å². The Morgan fingerprint density at radius 1 is 1.63 bits per heavy atom. The van der Waals surface area contributed by atoms with E-state index in [4.69, 9.17) is 15.2 Å². The van der Waals surface area contributed by atoms with Gasteiger partial charge in [-0.3, -0.25) is 0 Å². The number of aromatic nitrogens is 1. The van der Waals surface area contributed by atoms with Gasteiger partial charge in [0, 0.05) is 19.1 Å². The van der Waals surface area contributed by atoms with E-state index < -0.39 is 4.92 Å². The molecule has 7 nitrogen and oxygen atoms in total. The fourth-order valence-electron chi connectivity index (χ4n) is 1.99. The van der Waals surface area contributed by atoms with Gasteiger partial charge >= 0.3 is 5.82 Å². The molecule has 0 saturated heterocycles. The molecule has 2 N–H and O–H groups in total. The molecule has 19 heavy (non-hydrogen) atoms. The SMILES string of the molecule is CCCOC1C(N)CC1Oc1cccnc1[N+](=O)[O-]. The second-order valence-corrected chi connectivity index (χ2v) is 4.47. The minimum atomic E-state index is -0.560. The second-order valence-electron chi connectivity index (χ2n) is 4.47. The zero-order valence-electron chi connectivity index (χ0n) is 10.7. The van der Waals surface area contributed by atoms with Crippen molar-refractivity contribution in [2.45, 2.75) is 38.0 Å². The van der Waals surface area contributed by atoms with Crippen molar-refractivity contribution in [3.05, 3.63) is 28.4 Å². The normalized spacial score (nSPS) is 25.7. The van der Waals surface area contributed by atoms with Crippen LogP contribution in [0, 0.1) is 10.1 Å². The van der Waals surface area contributed by atoms with E-state index in [1.807, 2.05) is 6.92 Å². The molecule has 104 valence electrons. The van der Waals surface area contributed by atoms with E-state index in [1.54, 1.807) is 6.07 Å². The highest BCUT2D eigenvalue weighted by molar-refractivity contribution is 5.39. The molecule has 1 aliphatic carbocycles. The van der Waals surface area contributed by atoms with Crippen LogP contribution in [-0.4, -0.2) is 34.8 Å². The number of hydrogen-bond donors (Lipinski definition) is 1. The molecule has 1 aliphatic rings. The smallest absolute Gasteiger partial charge is 0.406 e. The Bertz CT molecular complexity index is 454. The summed E-state index contributed by atoms with van der Waals surface area (Å²) in [5.74, 6) is -0.119. The Hall–Kier alpha value is -1.73. The molecule has 1 aromatic rings. The van der Waals surface area contributed by atoms with Crippen molar-refractivity contribution in [3.8, 4) is 5.75 Å². The summed E-state index contributed by atoms with van der Waals surface area (Å²) in [6.45, 7) is 2.61. The highest BCUT2D eigenvalue weighted by atomic mass is 16.6. The lowest BCUT2D eigenvalue weighted by Crippen LogP contribution is -2.59. The van der Waals surface area contributed by atoms with Crippen LogP contribution in [0.5, 0.6) is 5.75 Å². The Kier molecular flexibility index (Phi) is 4.28. The van der Waals surface area contributed by atoms with E-state index in [9.17, 15) is 10.1 Å².